The van der Waals surface area contributed by atoms with E-state index in [0.717, 1.165) is 12.0 Å². The molecule has 0 aromatic heterocycles. The average Bonchev–Trinajstić information content (AvgIpc) is 3.15. The summed E-state index contributed by atoms with van der Waals surface area (Å²) in [6, 6.07) is 0. The lowest BCUT2D eigenvalue weighted by atomic mass is 9.85. The van der Waals surface area contributed by atoms with Crippen LogP contribution in [0.1, 0.15) is 27.2 Å². The molecule has 0 bridgehead atoms. The standard InChI is InChI=1S/C21H29IO8Si/c1-10(23)26-9-15-18(27-11(2)24)19(28-12(3)25)17-16-14(29-21(17)30-15)7-13(8-22)20(16)31(4,5)6/h8,14-15,17-19,21H,7,9H2,1-6H3/b13-8-/t14-,15-,17-,18-,19-,21+/m1/s1. The Balaban J connectivity index is 2.09. The highest BCUT2D eigenvalue weighted by Crippen LogP contribution is 2.52. The molecule has 172 valence electrons. The Morgan fingerprint density at radius 2 is 1.65 bits per heavy atom. The average molecular weight is 564 g/mol. The number of hydrogen-bond acceptors (Lipinski definition) is 8. The van der Waals surface area contributed by atoms with Gasteiger partial charge in [0.2, 0.25) is 0 Å². The van der Waals surface area contributed by atoms with Gasteiger partial charge in [-0.15, -0.1) is 0 Å². The van der Waals surface area contributed by atoms with Crippen LogP contribution >= 0.6 is 22.6 Å². The minimum atomic E-state index is -1.79. The smallest absolute Gasteiger partial charge is 0.303 e. The first kappa shape index (κ1) is 24.4. The molecular formula is C21H29IO8Si. The van der Waals surface area contributed by atoms with E-state index < -0.39 is 56.5 Å². The lowest BCUT2D eigenvalue weighted by molar-refractivity contribution is -0.271. The highest BCUT2D eigenvalue weighted by molar-refractivity contribution is 14.1. The van der Waals surface area contributed by atoms with E-state index in [1.54, 1.807) is 0 Å². The van der Waals surface area contributed by atoms with E-state index in [2.05, 4.69) is 46.3 Å². The van der Waals surface area contributed by atoms with Gasteiger partial charge >= 0.3 is 17.9 Å². The molecular weight excluding hydrogens is 535 g/mol. The van der Waals surface area contributed by atoms with Gasteiger partial charge in [-0.25, -0.2) is 0 Å². The number of halogens is 1. The minimum Gasteiger partial charge on any atom is -0.463 e. The maximum absolute atomic E-state index is 12.0. The lowest BCUT2D eigenvalue weighted by Crippen LogP contribution is -2.58. The number of ether oxygens (including phenoxy) is 5. The van der Waals surface area contributed by atoms with E-state index in [0.29, 0.717) is 0 Å². The molecule has 6 atom stereocenters. The summed E-state index contributed by atoms with van der Waals surface area (Å²) in [5, 5.41) is 1.29. The second-order valence-electron chi connectivity index (χ2n) is 9.06. The number of hydrogen-bond donors (Lipinski definition) is 0. The zero-order valence-electron chi connectivity index (χ0n) is 18.6. The highest BCUT2D eigenvalue weighted by atomic mass is 127. The van der Waals surface area contributed by atoms with E-state index in [1.165, 1.54) is 31.5 Å². The molecule has 31 heavy (non-hydrogen) atoms. The van der Waals surface area contributed by atoms with E-state index in [9.17, 15) is 14.4 Å². The van der Waals surface area contributed by atoms with Crippen LogP contribution in [0.3, 0.4) is 0 Å². The van der Waals surface area contributed by atoms with Crippen molar-refractivity contribution in [3.8, 4) is 0 Å². The van der Waals surface area contributed by atoms with Gasteiger partial charge in [0.25, 0.3) is 0 Å². The van der Waals surface area contributed by atoms with Gasteiger partial charge in [-0.3, -0.25) is 14.4 Å². The topological polar surface area (TPSA) is 97.4 Å². The van der Waals surface area contributed by atoms with Crippen molar-refractivity contribution in [1.82, 2.24) is 0 Å². The van der Waals surface area contributed by atoms with Crippen LogP contribution in [0.5, 0.6) is 0 Å². The molecule has 0 spiro atoms. The van der Waals surface area contributed by atoms with Crippen LogP contribution in [0.4, 0.5) is 0 Å². The van der Waals surface area contributed by atoms with Crippen molar-refractivity contribution in [1.29, 1.82) is 0 Å². The number of carbonyl (C=O) groups excluding carboxylic acids is 3. The van der Waals surface area contributed by atoms with Crippen LogP contribution < -0.4 is 0 Å². The summed E-state index contributed by atoms with van der Waals surface area (Å²) in [5.74, 6) is -1.91. The summed E-state index contributed by atoms with van der Waals surface area (Å²) in [7, 11) is -1.79. The number of allylic oxidation sites excluding steroid dienone is 1. The quantitative estimate of drug-likeness (QED) is 0.218. The third-order valence-electron chi connectivity index (χ3n) is 5.60. The van der Waals surface area contributed by atoms with Crippen LogP contribution in [0.2, 0.25) is 19.6 Å². The van der Waals surface area contributed by atoms with Gasteiger partial charge in [-0.05, 0) is 15.2 Å². The maximum atomic E-state index is 12.0. The third-order valence-corrected chi connectivity index (χ3v) is 8.46. The van der Waals surface area contributed by atoms with Crippen molar-refractivity contribution in [2.75, 3.05) is 6.61 Å². The Kier molecular flexibility index (Phi) is 7.34. The molecule has 0 saturated carbocycles. The predicted octanol–water partition coefficient (Wildman–Crippen LogP) is 3.05. The molecule has 0 amide bonds. The fraction of sp³-hybridized carbons (Fsp3) is 0.667. The summed E-state index contributed by atoms with van der Waals surface area (Å²) in [5.41, 5.74) is 2.33. The SMILES string of the molecule is CC(=O)OC[C@H]1O[C@@H]2O[C@@H]3C/C(=C/I)C([Si](C)(C)C)=C3[C@@H]2[C@@H](OC(C)=O)[C@@H]1OC(C)=O. The Labute approximate surface area is 196 Å². The first-order valence-electron chi connectivity index (χ1n) is 10.3. The van der Waals surface area contributed by atoms with E-state index >= 15 is 0 Å². The summed E-state index contributed by atoms with van der Waals surface area (Å²) in [6.07, 6.45) is -2.67. The molecule has 2 heterocycles. The molecule has 2 saturated heterocycles. The second kappa shape index (κ2) is 9.32. The van der Waals surface area contributed by atoms with Crippen molar-refractivity contribution < 1.29 is 38.1 Å². The third kappa shape index (κ3) is 5.06. The molecule has 0 unspecified atom stereocenters. The molecule has 10 heteroatoms. The number of esters is 3. The van der Waals surface area contributed by atoms with Crippen LogP contribution in [-0.2, 0) is 38.1 Å². The fourth-order valence-electron chi connectivity index (χ4n) is 4.78. The molecule has 8 nitrogen and oxygen atoms in total. The van der Waals surface area contributed by atoms with Gasteiger partial charge in [0, 0.05) is 27.2 Å². The number of carbonyl (C=O) groups is 3. The van der Waals surface area contributed by atoms with Crippen LogP contribution in [0, 0.1) is 5.92 Å². The molecule has 2 fully saturated rings. The highest BCUT2D eigenvalue weighted by Gasteiger charge is 2.59. The van der Waals surface area contributed by atoms with Crippen LogP contribution in [0.25, 0.3) is 0 Å². The molecule has 1 aliphatic carbocycles. The molecule has 2 aliphatic heterocycles. The monoisotopic (exact) mass is 564 g/mol. The molecule has 3 rings (SSSR count). The molecule has 0 radical (unpaired) electrons. The van der Waals surface area contributed by atoms with Crippen LogP contribution in [0.15, 0.2) is 20.4 Å². The predicted molar refractivity (Wildman–Crippen MR) is 122 cm³/mol. The number of rotatable bonds is 5. The van der Waals surface area contributed by atoms with Crippen molar-refractivity contribution in [2.24, 2.45) is 5.92 Å². The number of fused-ring (bicyclic) bond motifs is 3. The summed E-state index contributed by atoms with van der Waals surface area (Å²) in [6.45, 7) is 10.6. The first-order valence-corrected chi connectivity index (χ1v) is 15.0. The molecule has 3 aliphatic rings. The Morgan fingerprint density at radius 1 is 1.03 bits per heavy atom. The van der Waals surface area contributed by atoms with Gasteiger partial charge < -0.3 is 23.7 Å². The molecule has 0 aromatic carbocycles. The largest absolute Gasteiger partial charge is 0.463 e. The first-order chi connectivity index (χ1) is 14.4. The van der Waals surface area contributed by atoms with Crippen molar-refractivity contribution >= 4 is 48.6 Å². The summed E-state index contributed by atoms with van der Waals surface area (Å²) in [4.78, 5) is 35.3. The van der Waals surface area contributed by atoms with Gasteiger partial charge in [0.05, 0.1) is 20.1 Å². The molecule has 0 N–H and O–H groups in total. The summed E-state index contributed by atoms with van der Waals surface area (Å²) >= 11 is 2.25. The zero-order valence-corrected chi connectivity index (χ0v) is 21.8. The van der Waals surface area contributed by atoms with Gasteiger partial charge in [-0.1, -0.05) is 47.4 Å². The van der Waals surface area contributed by atoms with Gasteiger partial charge in [0.1, 0.15) is 12.7 Å². The van der Waals surface area contributed by atoms with Gasteiger partial charge in [0.15, 0.2) is 18.5 Å². The minimum absolute atomic E-state index is 0.138. The fourth-order valence-corrected chi connectivity index (χ4v) is 7.97. The van der Waals surface area contributed by atoms with E-state index in [4.69, 9.17) is 23.7 Å². The Morgan fingerprint density at radius 3 is 2.16 bits per heavy atom. The Hall–Kier alpha value is -1.24. The second-order valence-corrected chi connectivity index (χ2v) is 14.7. The van der Waals surface area contributed by atoms with Crippen LogP contribution in [-0.4, -0.2) is 63.3 Å². The van der Waals surface area contributed by atoms with Crippen molar-refractivity contribution in [3.63, 3.8) is 0 Å². The lowest BCUT2D eigenvalue weighted by Gasteiger charge is -2.43. The molecule has 0 aromatic rings. The summed E-state index contributed by atoms with van der Waals surface area (Å²) < 4.78 is 30.9. The zero-order chi connectivity index (χ0) is 23.1. The Bertz CT molecular complexity index is 830. The van der Waals surface area contributed by atoms with Gasteiger partial charge in [-0.2, -0.15) is 0 Å². The van der Waals surface area contributed by atoms with E-state index in [1.807, 2.05) is 0 Å². The van der Waals surface area contributed by atoms with Crippen molar-refractivity contribution in [2.45, 2.75) is 77.5 Å². The normalized spacial score (nSPS) is 33.7. The van der Waals surface area contributed by atoms with E-state index in [-0.39, 0.29) is 12.7 Å². The maximum Gasteiger partial charge on any atom is 0.303 e. The van der Waals surface area contributed by atoms with Crippen molar-refractivity contribution in [3.05, 3.63) is 20.4 Å².